The molecule has 0 unspecified atom stereocenters. The number of benzene rings is 1. The van der Waals surface area contributed by atoms with Gasteiger partial charge in [0.1, 0.15) is 0 Å². The van der Waals surface area contributed by atoms with Gasteiger partial charge in [-0.3, -0.25) is 4.90 Å². The highest BCUT2D eigenvalue weighted by molar-refractivity contribution is 5.22. The minimum absolute atomic E-state index is 0.787. The van der Waals surface area contributed by atoms with Crippen molar-refractivity contribution in [2.24, 2.45) is 0 Å². The van der Waals surface area contributed by atoms with E-state index in [4.69, 9.17) is 4.74 Å². The fraction of sp³-hybridized carbons (Fsp3) is 0.571. The third-order valence-corrected chi connectivity index (χ3v) is 2.73. The van der Waals surface area contributed by atoms with Gasteiger partial charge in [-0.15, -0.1) is 0 Å². The molecule has 0 radical (unpaired) electrons. The topological polar surface area (TPSA) is 24.5 Å². The highest BCUT2D eigenvalue weighted by Crippen LogP contribution is 2.06. The van der Waals surface area contributed by atoms with Crippen LogP contribution in [-0.2, 0) is 17.8 Å². The van der Waals surface area contributed by atoms with E-state index in [1.807, 2.05) is 0 Å². The molecule has 0 aromatic heterocycles. The maximum Gasteiger partial charge on any atom is 0.0589 e. The van der Waals surface area contributed by atoms with E-state index >= 15 is 0 Å². The van der Waals surface area contributed by atoms with Gasteiger partial charge in [0.15, 0.2) is 0 Å². The highest BCUT2D eigenvalue weighted by Gasteiger charge is 2.00. The average Bonchev–Trinajstić information content (AvgIpc) is 2.35. The van der Waals surface area contributed by atoms with E-state index in [1.165, 1.54) is 11.1 Å². The molecule has 0 fully saturated rings. The van der Waals surface area contributed by atoms with Crippen molar-refractivity contribution in [2.45, 2.75) is 20.0 Å². The first-order valence-electron chi connectivity index (χ1n) is 6.22. The Morgan fingerprint density at radius 1 is 1.18 bits per heavy atom. The van der Waals surface area contributed by atoms with Crippen molar-refractivity contribution in [3.05, 3.63) is 35.4 Å². The third-order valence-electron chi connectivity index (χ3n) is 2.73. The second kappa shape index (κ2) is 8.23. The van der Waals surface area contributed by atoms with Crippen molar-refractivity contribution >= 4 is 0 Å². The first kappa shape index (κ1) is 14.2. The summed E-state index contributed by atoms with van der Waals surface area (Å²) < 4.78 is 5.06. The van der Waals surface area contributed by atoms with E-state index in [1.54, 1.807) is 7.11 Å². The number of hydrogen-bond acceptors (Lipinski definition) is 3. The zero-order valence-corrected chi connectivity index (χ0v) is 11.2. The van der Waals surface area contributed by atoms with Crippen LogP contribution in [0.25, 0.3) is 0 Å². The van der Waals surface area contributed by atoms with E-state index in [-0.39, 0.29) is 0 Å². The Morgan fingerprint density at radius 3 is 2.41 bits per heavy atom. The van der Waals surface area contributed by atoms with Crippen molar-refractivity contribution in [3.63, 3.8) is 0 Å². The molecule has 1 rings (SSSR count). The van der Waals surface area contributed by atoms with Gasteiger partial charge >= 0.3 is 0 Å². The van der Waals surface area contributed by atoms with Gasteiger partial charge in [0.25, 0.3) is 0 Å². The Morgan fingerprint density at radius 2 is 1.82 bits per heavy atom. The molecule has 1 aromatic rings. The number of ether oxygens (including phenoxy) is 1. The van der Waals surface area contributed by atoms with Crippen LogP contribution in [0, 0.1) is 0 Å². The molecule has 0 spiro atoms. The summed E-state index contributed by atoms with van der Waals surface area (Å²) in [5.41, 5.74) is 2.69. The predicted octanol–water partition coefficient (Wildman–Crippen LogP) is 1.87. The van der Waals surface area contributed by atoms with Crippen LogP contribution in [0.5, 0.6) is 0 Å². The summed E-state index contributed by atoms with van der Waals surface area (Å²) in [5.74, 6) is 0. The van der Waals surface area contributed by atoms with E-state index in [9.17, 15) is 0 Å². The Labute approximate surface area is 105 Å². The first-order chi connectivity index (χ1) is 8.26. The second-order valence-electron chi connectivity index (χ2n) is 4.33. The Balaban J connectivity index is 2.39. The quantitative estimate of drug-likeness (QED) is 0.746. The molecule has 0 amide bonds. The van der Waals surface area contributed by atoms with Gasteiger partial charge in [-0.1, -0.05) is 31.2 Å². The molecule has 0 aliphatic rings. The lowest BCUT2D eigenvalue weighted by atomic mass is 10.1. The van der Waals surface area contributed by atoms with Crippen LogP contribution in [0.15, 0.2) is 24.3 Å². The van der Waals surface area contributed by atoms with Crippen molar-refractivity contribution < 1.29 is 4.74 Å². The summed E-state index contributed by atoms with van der Waals surface area (Å²) in [6, 6.07) is 8.80. The molecule has 1 N–H and O–H groups in total. The number of nitrogens with one attached hydrogen (secondary N) is 1. The molecular weight excluding hydrogens is 212 g/mol. The number of methoxy groups -OCH3 is 1. The van der Waals surface area contributed by atoms with Crippen molar-refractivity contribution in [2.75, 3.05) is 33.9 Å². The molecule has 3 heteroatoms. The molecule has 3 nitrogen and oxygen atoms in total. The van der Waals surface area contributed by atoms with Crippen molar-refractivity contribution in [3.8, 4) is 0 Å². The molecule has 17 heavy (non-hydrogen) atoms. The minimum Gasteiger partial charge on any atom is -0.383 e. The maximum absolute atomic E-state index is 5.06. The molecule has 0 saturated heterocycles. The SMILES string of the molecule is CCNCc1ccc(CN(C)CCOC)cc1. The number of rotatable bonds is 8. The van der Waals surface area contributed by atoms with Crippen LogP contribution in [0.1, 0.15) is 18.1 Å². The van der Waals surface area contributed by atoms with Crippen LogP contribution in [-0.4, -0.2) is 38.8 Å². The monoisotopic (exact) mass is 236 g/mol. The summed E-state index contributed by atoms with van der Waals surface area (Å²) in [6.07, 6.45) is 0. The van der Waals surface area contributed by atoms with Crippen molar-refractivity contribution in [1.82, 2.24) is 10.2 Å². The Kier molecular flexibility index (Phi) is 6.86. The lowest BCUT2D eigenvalue weighted by molar-refractivity contribution is 0.158. The standard InChI is InChI=1S/C14H24N2O/c1-4-15-11-13-5-7-14(8-6-13)12-16(2)9-10-17-3/h5-8,15H,4,9-12H2,1-3H3. The predicted molar refractivity (Wildman–Crippen MR) is 72.0 cm³/mol. The van der Waals surface area contributed by atoms with Gasteiger partial charge in [-0.2, -0.15) is 0 Å². The van der Waals surface area contributed by atoms with Crippen LogP contribution in [0.4, 0.5) is 0 Å². The summed E-state index contributed by atoms with van der Waals surface area (Å²) in [7, 11) is 3.86. The largest absolute Gasteiger partial charge is 0.383 e. The van der Waals surface area contributed by atoms with E-state index in [0.29, 0.717) is 0 Å². The van der Waals surface area contributed by atoms with Crippen LogP contribution in [0.2, 0.25) is 0 Å². The lowest BCUT2D eigenvalue weighted by Gasteiger charge is -2.16. The summed E-state index contributed by atoms with van der Waals surface area (Å²) in [4.78, 5) is 2.27. The lowest BCUT2D eigenvalue weighted by Crippen LogP contribution is -2.22. The number of likely N-dealkylation sites (N-methyl/N-ethyl adjacent to an activating group) is 1. The molecule has 0 atom stereocenters. The fourth-order valence-electron chi connectivity index (χ4n) is 1.67. The van der Waals surface area contributed by atoms with Crippen LogP contribution in [0.3, 0.4) is 0 Å². The van der Waals surface area contributed by atoms with Gasteiger partial charge < -0.3 is 10.1 Å². The first-order valence-corrected chi connectivity index (χ1v) is 6.22. The van der Waals surface area contributed by atoms with E-state index in [0.717, 1.165) is 32.8 Å². The molecule has 0 bridgehead atoms. The summed E-state index contributed by atoms with van der Waals surface area (Å²) in [5, 5.41) is 3.33. The molecule has 0 heterocycles. The third kappa shape index (κ3) is 5.82. The van der Waals surface area contributed by atoms with Crippen molar-refractivity contribution in [1.29, 1.82) is 0 Å². The zero-order valence-electron chi connectivity index (χ0n) is 11.2. The highest BCUT2D eigenvalue weighted by atomic mass is 16.5. The van der Waals surface area contributed by atoms with Crippen LogP contribution >= 0.6 is 0 Å². The minimum atomic E-state index is 0.787. The summed E-state index contributed by atoms with van der Waals surface area (Å²) in [6.45, 7) is 6.83. The average molecular weight is 236 g/mol. The van der Waals surface area contributed by atoms with Gasteiger partial charge in [0.2, 0.25) is 0 Å². The Hall–Kier alpha value is -0.900. The molecule has 1 aromatic carbocycles. The molecule has 96 valence electrons. The van der Waals surface area contributed by atoms with Gasteiger partial charge in [0.05, 0.1) is 6.61 Å². The number of nitrogens with zero attached hydrogens (tertiary/aromatic N) is 1. The smallest absolute Gasteiger partial charge is 0.0589 e. The van der Waals surface area contributed by atoms with E-state index < -0.39 is 0 Å². The zero-order chi connectivity index (χ0) is 12.5. The van der Waals surface area contributed by atoms with Gasteiger partial charge in [-0.25, -0.2) is 0 Å². The summed E-state index contributed by atoms with van der Waals surface area (Å²) >= 11 is 0. The molecule has 0 aliphatic heterocycles. The van der Waals surface area contributed by atoms with Gasteiger partial charge in [0, 0.05) is 26.7 Å². The molecule has 0 aliphatic carbocycles. The number of hydrogen-bond donors (Lipinski definition) is 1. The molecule has 0 saturated carbocycles. The molecular formula is C14H24N2O. The fourth-order valence-corrected chi connectivity index (χ4v) is 1.67. The Bertz CT molecular complexity index is 298. The second-order valence-corrected chi connectivity index (χ2v) is 4.33. The van der Waals surface area contributed by atoms with Gasteiger partial charge in [-0.05, 0) is 24.7 Å². The van der Waals surface area contributed by atoms with E-state index in [2.05, 4.69) is 48.5 Å². The maximum atomic E-state index is 5.06. The normalized spacial score (nSPS) is 11.1. The van der Waals surface area contributed by atoms with Crippen LogP contribution < -0.4 is 5.32 Å².